The Kier molecular flexibility index (Phi) is 5.21. The zero-order valence-electron chi connectivity index (χ0n) is 15.2. The number of benzene rings is 2. The summed E-state index contributed by atoms with van der Waals surface area (Å²) in [5.41, 5.74) is 2.54. The van der Waals surface area contributed by atoms with Crippen LogP contribution in [0.2, 0.25) is 0 Å². The van der Waals surface area contributed by atoms with Gasteiger partial charge in [-0.3, -0.25) is 4.79 Å². The summed E-state index contributed by atoms with van der Waals surface area (Å²) in [4.78, 5) is 16.8. The molecular weight excluding hydrogens is 342 g/mol. The molecular formula is C22H25NO2S. The number of carbonyl (C=O) groups is 1. The normalized spacial score (nSPS) is 22.6. The number of hydrogen-bond donors (Lipinski definition) is 0. The second-order valence-electron chi connectivity index (χ2n) is 7.09. The average Bonchev–Trinajstić information content (AvgIpc) is 2.97. The molecule has 2 aliphatic rings. The summed E-state index contributed by atoms with van der Waals surface area (Å²) in [6.07, 6.45) is 5.38. The Morgan fingerprint density at radius 3 is 2.65 bits per heavy atom. The topological polar surface area (TPSA) is 29.5 Å². The van der Waals surface area contributed by atoms with E-state index in [4.69, 9.17) is 4.74 Å². The van der Waals surface area contributed by atoms with Gasteiger partial charge in [0.1, 0.15) is 5.75 Å². The molecule has 1 amide bonds. The molecule has 0 radical (unpaired) electrons. The van der Waals surface area contributed by atoms with Gasteiger partial charge in [0.25, 0.3) is 0 Å². The van der Waals surface area contributed by atoms with Crippen LogP contribution < -0.4 is 4.74 Å². The number of fused-ring (bicyclic) bond motifs is 1. The van der Waals surface area contributed by atoms with Gasteiger partial charge in [-0.05, 0) is 48.6 Å². The number of nitrogens with zero attached hydrogens (tertiary/aromatic N) is 1. The van der Waals surface area contributed by atoms with Gasteiger partial charge in [0, 0.05) is 11.4 Å². The van der Waals surface area contributed by atoms with E-state index >= 15 is 0 Å². The largest absolute Gasteiger partial charge is 0.497 e. The van der Waals surface area contributed by atoms with E-state index < -0.39 is 0 Å². The predicted molar refractivity (Wildman–Crippen MR) is 106 cm³/mol. The van der Waals surface area contributed by atoms with E-state index in [1.54, 1.807) is 18.9 Å². The number of rotatable bonds is 3. The first-order valence-corrected chi connectivity index (χ1v) is 10.3. The van der Waals surface area contributed by atoms with Gasteiger partial charge in [0.05, 0.1) is 18.4 Å². The first kappa shape index (κ1) is 17.5. The molecule has 3 nitrogen and oxygen atoms in total. The molecule has 2 aliphatic heterocycles. The van der Waals surface area contributed by atoms with E-state index in [9.17, 15) is 4.79 Å². The fourth-order valence-electron chi connectivity index (χ4n) is 4.05. The minimum Gasteiger partial charge on any atom is -0.497 e. The Hall–Kier alpha value is -1.94. The molecule has 2 aromatic rings. The minimum absolute atomic E-state index is 0.0197. The average molecular weight is 368 g/mol. The zero-order chi connectivity index (χ0) is 17.9. The number of ether oxygens (including phenoxy) is 1. The SMILES string of the molecule is COc1ccc(C2CCCCCN2C(=O)C2Cc3ccccc3S2)cc1. The molecule has 2 heterocycles. The van der Waals surface area contributed by atoms with Gasteiger partial charge in [0.2, 0.25) is 5.91 Å². The van der Waals surface area contributed by atoms with Crippen LogP contribution in [0.5, 0.6) is 5.75 Å². The lowest BCUT2D eigenvalue weighted by Gasteiger charge is -2.32. The Morgan fingerprint density at radius 1 is 1.08 bits per heavy atom. The highest BCUT2D eigenvalue weighted by molar-refractivity contribution is 8.01. The third kappa shape index (κ3) is 3.48. The Labute approximate surface area is 159 Å². The summed E-state index contributed by atoms with van der Waals surface area (Å²) < 4.78 is 5.29. The van der Waals surface area contributed by atoms with E-state index in [2.05, 4.69) is 41.3 Å². The van der Waals surface area contributed by atoms with E-state index in [0.717, 1.165) is 31.6 Å². The third-order valence-electron chi connectivity index (χ3n) is 5.46. The van der Waals surface area contributed by atoms with Crippen molar-refractivity contribution in [1.82, 2.24) is 4.90 Å². The highest BCUT2D eigenvalue weighted by Gasteiger charge is 2.35. The zero-order valence-corrected chi connectivity index (χ0v) is 16.0. The molecule has 2 unspecified atom stereocenters. The quantitative estimate of drug-likeness (QED) is 0.776. The third-order valence-corrected chi connectivity index (χ3v) is 6.76. The van der Waals surface area contributed by atoms with Crippen LogP contribution in [0.1, 0.15) is 42.9 Å². The summed E-state index contributed by atoms with van der Waals surface area (Å²) in [5.74, 6) is 1.16. The molecule has 26 heavy (non-hydrogen) atoms. The highest BCUT2D eigenvalue weighted by atomic mass is 32.2. The van der Waals surface area contributed by atoms with Crippen LogP contribution in [0.3, 0.4) is 0 Å². The summed E-state index contributed by atoms with van der Waals surface area (Å²) in [6.45, 7) is 0.864. The van der Waals surface area contributed by atoms with Crippen LogP contribution in [0.4, 0.5) is 0 Å². The molecule has 0 bridgehead atoms. The van der Waals surface area contributed by atoms with E-state index in [1.807, 2.05) is 12.1 Å². The van der Waals surface area contributed by atoms with Gasteiger partial charge >= 0.3 is 0 Å². The molecule has 0 aliphatic carbocycles. The number of thioether (sulfide) groups is 1. The molecule has 4 heteroatoms. The summed E-state index contributed by atoms with van der Waals surface area (Å²) in [7, 11) is 1.69. The number of carbonyl (C=O) groups excluding carboxylic acids is 1. The number of amides is 1. The maximum atomic E-state index is 13.4. The Morgan fingerprint density at radius 2 is 1.88 bits per heavy atom. The van der Waals surface area contributed by atoms with Crippen LogP contribution >= 0.6 is 11.8 Å². The fourth-order valence-corrected chi connectivity index (χ4v) is 5.32. The summed E-state index contributed by atoms with van der Waals surface area (Å²) >= 11 is 1.74. The molecule has 0 aromatic heterocycles. The lowest BCUT2D eigenvalue weighted by Crippen LogP contribution is -2.40. The molecule has 1 fully saturated rings. The molecule has 4 rings (SSSR count). The smallest absolute Gasteiger partial charge is 0.236 e. The van der Waals surface area contributed by atoms with Crippen LogP contribution in [-0.2, 0) is 11.2 Å². The predicted octanol–water partition coefficient (Wildman–Crippen LogP) is 4.86. The van der Waals surface area contributed by atoms with Gasteiger partial charge in [-0.2, -0.15) is 0 Å². The Balaban J connectivity index is 1.56. The second kappa shape index (κ2) is 7.75. The molecule has 136 valence electrons. The van der Waals surface area contributed by atoms with Crippen LogP contribution in [0.25, 0.3) is 0 Å². The number of likely N-dealkylation sites (tertiary alicyclic amines) is 1. The van der Waals surface area contributed by atoms with Crippen LogP contribution in [0.15, 0.2) is 53.4 Å². The lowest BCUT2D eigenvalue weighted by atomic mass is 10.00. The molecule has 2 atom stereocenters. The van der Waals surface area contributed by atoms with Gasteiger partial charge in [0.15, 0.2) is 0 Å². The van der Waals surface area contributed by atoms with Crippen molar-refractivity contribution in [2.24, 2.45) is 0 Å². The monoisotopic (exact) mass is 367 g/mol. The van der Waals surface area contributed by atoms with Gasteiger partial charge < -0.3 is 9.64 Å². The van der Waals surface area contributed by atoms with E-state index in [-0.39, 0.29) is 11.3 Å². The number of hydrogen-bond acceptors (Lipinski definition) is 3. The maximum absolute atomic E-state index is 13.4. The van der Waals surface area contributed by atoms with Crippen molar-refractivity contribution < 1.29 is 9.53 Å². The van der Waals surface area contributed by atoms with Crippen molar-refractivity contribution >= 4 is 17.7 Å². The van der Waals surface area contributed by atoms with Crippen molar-refractivity contribution in [2.75, 3.05) is 13.7 Å². The maximum Gasteiger partial charge on any atom is 0.236 e. The molecule has 1 saturated heterocycles. The molecule has 2 aromatic carbocycles. The van der Waals surface area contributed by atoms with Gasteiger partial charge in [-0.15, -0.1) is 11.8 Å². The van der Waals surface area contributed by atoms with Crippen molar-refractivity contribution in [3.63, 3.8) is 0 Å². The van der Waals surface area contributed by atoms with E-state index in [0.29, 0.717) is 5.91 Å². The molecule has 0 spiro atoms. The standard InChI is InChI=1S/C22H25NO2S/c1-25-18-12-10-16(11-13-18)19-8-3-2-6-14-23(19)22(24)21-15-17-7-4-5-9-20(17)26-21/h4-5,7,9-13,19,21H,2-3,6,8,14-15H2,1H3. The summed E-state index contributed by atoms with van der Waals surface area (Å²) in [5, 5.41) is 0.0197. The van der Waals surface area contributed by atoms with Crippen LogP contribution in [-0.4, -0.2) is 29.7 Å². The van der Waals surface area contributed by atoms with Gasteiger partial charge in [-0.1, -0.05) is 43.2 Å². The minimum atomic E-state index is 0.0197. The van der Waals surface area contributed by atoms with Crippen molar-refractivity contribution in [3.05, 3.63) is 59.7 Å². The highest BCUT2D eigenvalue weighted by Crippen LogP contribution is 2.40. The molecule has 0 N–H and O–H groups in total. The fraction of sp³-hybridized carbons (Fsp3) is 0.409. The first-order valence-electron chi connectivity index (χ1n) is 9.45. The van der Waals surface area contributed by atoms with Crippen molar-refractivity contribution in [1.29, 1.82) is 0 Å². The lowest BCUT2D eigenvalue weighted by molar-refractivity contribution is -0.133. The van der Waals surface area contributed by atoms with Gasteiger partial charge in [-0.25, -0.2) is 0 Å². The molecule has 0 saturated carbocycles. The first-order chi connectivity index (χ1) is 12.8. The Bertz CT molecular complexity index is 749. The number of methoxy groups -OCH3 is 1. The van der Waals surface area contributed by atoms with Crippen LogP contribution in [0, 0.1) is 0 Å². The van der Waals surface area contributed by atoms with Crippen molar-refractivity contribution in [2.45, 2.75) is 48.3 Å². The van der Waals surface area contributed by atoms with E-state index in [1.165, 1.54) is 28.9 Å². The van der Waals surface area contributed by atoms with Crippen molar-refractivity contribution in [3.8, 4) is 5.75 Å². The summed E-state index contributed by atoms with van der Waals surface area (Å²) in [6, 6.07) is 16.8. The second-order valence-corrected chi connectivity index (χ2v) is 8.33.